The van der Waals surface area contributed by atoms with Gasteiger partial charge < -0.3 is 41.0 Å². The number of rotatable bonds is 3. The van der Waals surface area contributed by atoms with Crippen LogP contribution in [0.2, 0.25) is 0 Å². The molecule has 1 nitrogen and oxygen atoms in total. The maximum absolute atomic E-state index is 3.76. The van der Waals surface area contributed by atoms with Crippen molar-refractivity contribution >= 4 is 0 Å². The number of nitrogens with zero attached hydrogens (tertiary/aromatic N) is 1. The minimum absolute atomic E-state index is 0. The van der Waals surface area contributed by atoms with Crippen LogP contribution in [0, 0.1) is 67.2 Å². The fraction of sp³-hybridized carbons (Fsp3) is 0.545. The van der Waals surface area contributed by atoms with E-state index in [9.17, 15) is 0 Å². The van der Waals surface area contributed by atoms with Gasteiger partial charge in [-0.2, -0.15) is 0 Å². The predicted octanol–water partition coefficient (Wildman–Crippen LogP) is 3.35. The van der Waals surface area contributed by atoms with Crippen LogP contribution in [0.1, 0.15) is 21.3 Å². The number of hydrogen-bond acceptors (Lipinski definition) is 1. The first-order valence-corrected chi connectivity index (χ1v) is 3.05. The standard InChI is InChI=1S/C7H15N.CH4.3CH3.U.W.Y/c1-5-8(6-2)7(3)4;;;;;;;/h7H,1-2,5-6H2,3-4H3;1H4;3*1H3;;;/q-2;;3*-1;+2;;. The minimum atomic E-state index is 0. The smallest absolute Gasteiger partial charge is 0.360 e. The average Bonchev–Trinajstić information content (AvgIpc) is 1.69. The van der Waals surface area contributed by atoms with Gasteiger partial charge >= 0.3 is 31.1 Å². The Morgan fingerprint density at radius 1 is 1.00 bits per heavy atom. The quantitative estimate of drug-likeness (QED) is 0.413. The van der Waals surface area contributed by atoms with Crippen LogP contribution in [-0.4, -0.2) is 24.0 Å². The topological polar surface area (TPSA) is 3.24 Å². The Hall–Kier alpha value is 2.80. The summed E-state index contributed by atoms with van der Waals surface area (Å²) in [7, 11) is 0. The normalized spacial score (nSPS) is 6.00. The van der Waals surface area contributed by atoms with Crippen molar-refractivity contribution in [1.82, 2.24) is 4.90 Å². The summed E-state index contributed by atoms with van der Waals surface area (Å²) in [5.41, 5.74) is 0. The predicted molar refractivity (Wildman–Crippen MR) is 63.4 cm³/mol. The fourth-order valence-corrected chi connectivity index (χ4v) is 0.628. The zero-order valence-corrected chi connectivity index (χ0v) is 20.3. The molecule has 0 aromatic carbocycles. The molecule has 0 unspecified atom stereocenters. The van der Waals surface area contributed by atoms with E-state index in [-0.39, 0.29) is 115 Å². The SMILES string of the molecule is C.[CH2-]CN(C[CH2-])C(C)C.[CH3-].[CH3-].[CH3-].[U+2].[W].[Y]. The van der Waals surface area contributed by atoms with E-state index < -0.39 is 0 Å². The maximum Gasteiger partial charge on any atom is 2.00 e. The molecule has 0 amide bonds. The van der Waals surface area contributed by atoms with E-state index in [0.717, 1.165) is 13.1 Å². The summed E-state index contributed by atoms with van der Waals surface area (Å²) >= 11 is 0. The molecule has 4 heteroatoms. The van der Waals surface area contributed by atoms with Gasteiger partial charge in [0.2, 0.25) is 0 Å². The van der Waals surface area contributed by atoms with Gasteiger partial charge in [0.25, 0.3) is 0 Å². The summed E-state index contributed by atoms with van der Waals surface area (Å²) in [5, 5.41) is 0. The molecule has 0 spiro atoms. The van der Waals surface area contributed by atoms with Crippen LogP contribution < -0.4 is 0 Å². The van der Waals surface area contributed by atoms with E-state index >= 15 is 0 Å². The van der Waals surface area contributed by atoms with Crippen molar-refractivity contribution in [2.45, 2.75) is 27.3 Å². The molecule has 0 saturated carbocycles. The van der Waals surface area contributed by atoms with E-state index in [0.29, 0.717) is 6.04 Å². The van der Waals surface area contributed by atoms with Gasteiger partial charge in [0.15, 0.2) is 0 Å². The molecule has 0 N–H and O–H groups in total. The molecule has 0 saturated heterocycles. The van der Waals surface area contributed by atoms with Gasteiger partial charge in [0.1, 0.15) is 0 Å². The van der Waals surface area contributed by atoms with Gasteiger partial charge in [-0.25, -0.2) is 0 Å². The first-order valence-electron chi connectivity index (χ1n) is 3.05. The van der Waals surface area contributed by atoms with Gasteiger partial charge in [0.05, 0.1) is 0 Å². The molecular formula is C11H28NUWY-3. The largest absolute Gasteiger partial charge is 2.00 e. The van der Waals surface area contributed by atoms with Gasteiger partial charge in [-0.3, -0.25) is 0 Å². The third-order valence-electron chi connectivity index (χ3n) is 1.30. The van der Waals surface area contributed by atoms with Gasteiger partial charge in [-0.15, -0.1) is 13.1 Å². The number of hydrogen-bond donors (Lipinski definition) is 0. The van der Waals surface area contributed by atoms with E-state index in [2.05, 4.69) is 32.6 Å². The first-order chi connectivity index (χ1) is 3.72. The van der Waals surface area contributed by atoms with Crippen LogP contribution >= 0.6 is 0 Å². The molecule has 0 bridgehead atoms. The van der Waals surface area contributed by atoms with E-state index in [1.807, 2.05) is 0 Å². The summed E-state index contributed by atoms with van der Waals surface area (Å²) < 4.78 is 0. The molecule has 0 aliphatic heterocycles. The first kappa shape index (κ1) is 52.3. The molecule has 0 aliphatic rings. The van der Waals surface area contributed by atoms with E-state index in [1.54, 1.807) is 0 Å². The third kappa shape index (κ3) is 31.6. The van der Waals surface area contributed by atoms with Gasteiger partial charge in [0, 0.05) is 53.8 Å². The Morgan fingerprint density at radius 2 is 1.20 bits per heavy atom. The van der Waals surface area contributed by atoms with Crippen LogP contribution in [0.3, 0.4) is 0 Å². The van der Waals surface area contributed by atoms with Crippen molar-refractivity contribution in [2.75, 3.05) is 13.1 Å². The summed E-state index contributed by atoms with van der Waals surface area (Å²) in [6, 6.07) is 0.588. The van der Waals surface area contributed by atoms with Crippen molar-refractivity contribution in [1.29, 1.82) is 0 Å². The zero-order chi connectivity index (χ0) is 6.57. The minimum Gasteiger partial charge on any atom is -0.360 e. The molecule has 1 radical (unpaired) electrons. The molecule has 0 heterocycles. The van der Waals surface area contributed by atoms with Crippen molar-refractivity contribution in [2.24, 2.45) is 0 Å². The summed E-state index contributed by atoms with van der Waals surface area (Å²) in [5.74, 6) is 0. The van der Waals surface area contributed by atoms with Crippen LogP contribution in [0.15, 0.2) is 0 Å². The molecule has 0 aliphatic carbocycles. The maximum atomic E-state index is 3.76. The van der Waals surface area contributed by atoms with E-state index in [4.69, 9.17) is 0 Å². The van der Waals surface area contributed by atoms with E-state index in [1.165, 1.54) is 0 Å². The van der Waals surface area contributed by atoms with Crippen molar-refractivity contribution in [3.05, 3.63) is 36.1 Å². The third-order valence-corrected chi connectivity index (χ3v) is 1.30. The molecular weight excluding hydrogens is 657 g/mol. The summed E-state index contributed by atoms with van der Waals surface area (Å²) in [6.45, 7) is 13.6. The molecule has 0 aromatic heterocycles. The van der Waals surface area contributed by atoms with Gasteiger partial charge in [-0.05, 0) is 6.04 Å². The molecule has 0 atom stereocenters. The van der Waals surface area contributed by atoms with Crippen molar-refractivity contribution in [3.63, 3.8) is 0 Å². The average molecular weight is 685 g/mol. The summed E-state index contributed by atoms with van der Waals surface area (Å²) in [4.78, 5) is 2.19. The second-order valence-electron chi connectivity index (χ2n) is 2.13. The Bertz CT molecular complexity index is 62.5. The van der Waals surface area contributed by atoms with Crippen LogP contribution in [0.25, 0.3) is 0 Å². The summed E-state index contributed by atoms with van der Waals surface area (Å²) in [6.07, 6.45) is 0. The second-order valence-corrected chi connectivity index (χ2v) is 2.13. The molecule has 0 rings (SSSR count). The van der Waals surface area contributed by atoms with Crippen LogP contribution in [0.4, 0.5) is 0 Å². The Morgan fingerprint density at radius 3 is 1.20 bits per heavy atom. The molecule has 0 fully saturated rings. The van der Waals surface area contributed by atoms with Crippen molar-refractivity contribution in [3.8, 4) is 0 Å². The fourth-order valence-electron chi connectivity index (χ4n) is 0.628. The zero-order valence-electron chi connectivity index (χ0n) is 10.3. The van der Waals surface area contributed by atoms with Gasteiger partial charge in [-0.1, -0.05) is 21.3 Å². The Labute approximate surface area is 164 Å². The van der Waals surface area contributed by atoms with Crippen molar-refractivity contribution < 1.29 is 84.9 Å². The second kappa shape index (κ2) is 36.0. The van der Waals surface area contributed by atoms with Crippen LogP contribution in [0.5, 0.6) is 0 Å². The molecule has 0 aromatic rings. The Kier molecular flexibility index (Phi) is 125. The molecule has 93 valence electrons. The monoisotopic (exact) mass is 685 g/mol. The van der Waals surface area contributed by atoms with Crippen LogP contribution in [-0.2, 0) is 53.8 Å². The Balaban J connectivity index is -0.0000000117. The molecule has 15 heavy (non-hydrogen) atoms.